The maximum absolute atomic E-state index is 13.4. The zero-order chi connectivity index (χ0) is 26.2. The molecule has 3 aromatic rings. The van der Waals surface area contributed by atoms with Crippen molar-refractivity contribution in [3.8, 4) is 0 Å². The van der Waals surface area contributed by atoms with Crippen LogP contribution < -0.4 is 5.32 Å². The second-order valence-electron chi connectivity index (χ2n) is 11.5. The standard InChI is InChI=1S/C27H37N5O4S/c1-27(2,3)26-30-23-14-22(7-8-24(23)31(26)17-20-9-11-36-12-10-20)37(34,35)32-18-21(16-29-32)13-25(33)28-15-19-5-4-6-19/h7-8,14,16,18-20H,4-6,9-13,15,17H2,1-3H3,(H,28,33). The lowest BCUT2D eigenvalue weighted by molar-refractivity contribution is -0.120. The molecule has 10 heteroatoms. The van der Waals surface area contributed by atoms with Gasteiger partial charge in [0.25, 0.3) is 10.0 Å². The number of fused-ring (bicyclic) bond motifs is 1. The minimum absolute atomic E-state index is 0.104. The van der Waals surface area contributed by atoms with Crippen LogP contribution in [0.2, 0.25) is 0 Å². The van der Waals surface area contributed by atoms with Crippen LogP contribution in [0, 0.1) is 11.8 Å². The Bertz CT molecular complexity index is 1380. The maximum atomic E-state index is 13.4. The average Bonchev–Trinajstić information content (AvgIpc) is 3.44. The van der Waals surface area contributed by atoms with Gasteiger partial charge >= 0.3 is 0 Å². The van der Waals surface area contributed by atoms with E-state index in [1.54, 1.807) is 12.1 Å². The second-order valence-corrected chi connectivity index (χ2v) is 13.3. The lowest BCUT2D eigenvalue weighted by Crippen LogP contribution is -2.33. The summed E-state index contributed by atoms with van der Waals surface area (Å²) in [4.78, 5) is 17.3. The highest BCUT2D eigenvalue weighted by Gasteiger charge is 2.27. The largest absolute Gasteiger partial charge is 0.381 e. The highest BCUT2D eigenvalue weighted by molar-refractivity contribution is 7.89. The molecule has 0 spiro atoms. The zero-order valence-corrected chi connectivity index (χ0v) is 22.8. The number of rotatable bonds is 8. The maximum Gasteiger partial charge on any atom is 0.283 e. The van der Waals surface area contributed by atoms with Crippen molar-refractivity contribution in [3.63, 3.8) is 0 Å². The minimum Gasteiger partial charge on any atom is -0.381 e. The third-order valence-corrected chi connectivity index (χ3v) is 9.05. The first-order valence-corrected chi connectivity index (χ1v) is 14.7. The van der Waals surface area contributed by atoms with Crippen LogP contribution in [0.4, 0.5) is 0 Å². The summed E-state index contributed by atoms with van der Waals surface area (Å²) in [6, 6.07) is 5.11. The number of benzene rings is 1. The van der Waals surface area contributed by atoms with Gasteiger partial charge in [0.2, 0.25) is 5.91 Å². The van der Waals surface area contributed by atoms with E-state index in [0.29, 0.717) is 29.5 Å². The van der Waals surface area contributed by atoms with Crippen LogP contribution in [0.3, 0.4) is 0 Å². The predicted molar refractivity (Wildman–Crippen MR) is 141 cm³/mol. The van der Waals surface area contributed by atoms with Gasteiger partial charge in [-0.25, -0.2) is 4.98 Å². The molecule has 3 heterocycles. The molecule has 0 unspecified atom stereocenters. The van der Waals surface area contributed by atoms with E-state index in [4.69, 9.17) is 9.72 Å². The summed E-state index contributed by atoms with van der Waals surface area (Å²) >= 11 is 0. The molecule has 1 amide bonds. The number of carbonyl (C=O) groups excluding carboxylic acids is 1. The summed E-state index contributed by atoms with van der Waals surface area (Å²) in [7, 11) is -3.92. The number of carbonyl (C=O) groups is 1. The third kappa shape index (κ3) is 5.60. The van der Waals surface area contributed by atoms with Gasteiger partial charge in [0.1, 0.15) is 5.82 Å². The normalized spacial score (nSPS) is 17.7. The molecule has 1 N–H and O–H groups in total. The molecule has 1 saturated carbocycles. The van der Waals surface area contributed by atoms with Crippen molar-refractivity contribution < 1.29 is 17.9 Å². The molecule has 5 rings (SSSR count). The molecule has 0 radical (unpaired) electrons. The van der Waals surface area contributed by atoms with E-state index in [-0.39, 0.29) is 22.6 Å². The Morgan fingerprint density at radius 2 is 1.89 bits per heavy atom. The number of nitrogens with one attached hydrogen (secondary N) is 1. The molecule has 2 fully saturated rings. The molecular weight excluding hydrogens is 490 g/mol. The number of hydrogen-bond acceptors (Lipinski definition) is 6. The molecule has 1 aliphatic carbocycles. The number of nitrogens with zero attached hydrogens (tertiary/aromatic N) is 4. The Morgan fingerprint density at radius 1 is 1.14 bits per heavy atom. The number of amides is 1. The van der Waals surface area contributed by atoms with Crippen LogP contribution in [0.1, 0.15) is 64.3 Å². The Hall–Kier alpha value is -2.72. The smallest absolute Gasteiger partial charge is 0.283 e. The molecule has 37 heavy (non-hydrogen) atoms. The average molecular weight is 528 g/mol. The van der Waals surface area contributed by atoms with Crippen molar-refractivity contribution in [3.05, 3.63) is 42.0 Å². The van der Waals surface area contributed by atoms with Gasteiger partial charge in [-0.3, -0.25) is 4.79 Å². The van der Waals surface area contributed by atoms with Crippen molar-refractivity contribution in [1.82, 2.24) is 24.1 Å². The summed E-state index contributed by atoms with van der Waals surface area (Å²) in [6.07, 6.45) is 8.53. The van der Waals surface area contributed by atoms with Gasteiger partial charge in [0.05, 0.1) is 28.5 Å². The monoisotopic (exact) mass is 527 g/mol. The van der Waals surface area contributed by atoms with Crippen molar-refractivity contribution in [2.45, 2.75) is 76.2 Å². The lowest BCUT2D eigenvalue weighted by Gasteiger charge is -2.26. The number of ether oxygens (including phenoxy) is 1. The fourth-order valence-electron chi connectivity index (χ4n) is 5.09. The molecule has 2 aromatic heterocycles. The Morgan fingerprint density at radius 3 is 2.57 bits per heavy atom. The van der Waals surface area contributed by atoms with Gasteiger partial charge in [-0.05, 0) is 55.7 Å². The van der Waals surface area contributed by atoms with Crippen molar-refractivity contribution in [1.29, 1.82) is 0 Å². The van der Waals surface area contributed by atoms with E-state index in [2.05, 4.69) is 35.8 Å². The van der Waals surface area contributed by atoms with Crippen LogP contribution in [0.5, 0.6) is 0 Å². The van der Waals surface area contributed by atoms with Gasteiger partial charge in [-0.15, -0.1) is 0 Å². The Balaban J connectivity index is 1.37. The van der Waals surface area contributed by atoms with Gasteiger partial charge in [-0.1, -0.05) is 27.2 Å². The quantitative estimate of drug-likeness (QED) is 0.479. The molecule has 1 aromatic carbocycles. The highest BCUT2D eigenvalue weighted by Crippen LogP contribution is 2.31. The van der Waals surface area contributed by atoms with E-state index in [9.17, 15) is 13.2 Å². The number of imidazole rings is 1. The molecule has 1 saturated heterocycles. The third-order valence-electron chi connectivity index (χ3n) is 7.51. The zero-order valence-electron chi connectivity index (χ0n) is 21.9. The van der Waals surface area contributed by atoms with E-state index >= 15 is 0 Å². The fraction of sp³-hybridized carbons (Fsp3) is 0.593. The van der Waals surface area contributed by atoms with Crippen molar-refractivity contribution in [2.24, 2.45) is 11.8 Å². The molecule has 1 aliphatic heterocycles. The van der Waals surface area contributed by atoms with Crippen LogP contribution >= 0.6 is 0 Å². The van der Waals surface area contributed by atoms with E-state index in [1.165, 1.54) is 18.8 Å². The summed E-state index contributed by atoms with van der Waals surface area (Å²) in [5.41, 5.74) is 1.95. The number of hydrogen-bond donors (Lipinski definition) is 1. The summed E-state index contributed by atoms with van der Waals surface area (Å²) in [6.45, 7) is 9.45. The van der Waals surface area contributed by atoms with Crippen LogP contribution in [0.25, 0.3) is 11.0 Å². The van der Waals surface area contributed by atoms with Crippen molar-refractivity contribution >= 4 is 27.0 Å². The Labute approximate surface area is 218 Å². The van der Waals surface area contributed by atoms with E-state index in [1.807, 2.05) is 6.07 Å². The molecule has 9 nitrogen and oxygen atoms in total. The minimum atomic E-state index is -3.92. The lowest BCUT2D eigenvalue weighted by atomic mass is 9.85. The van der Waals surface area contributed by atoms with Gasteiger partial charge in [0.15, 0.2) is 0 Å². The van der Waals surface area contributed by atoms with Crippen LogP contribution in [-0.2, 0) is 37.9 Å². The second kappa shape index (κ2) is 10.2. The first-order chi connectivity index (χ1) is 17.6. The predicted octanol–water partition coefficient (Wildman–Crippen LogP) is 3.65. The molecule has 0 bridgehead atoms. The molecule has 0 atom stereocenters. The topological polar surface area (TPSA) is 108 Å². The van der Waals surface area contributed by atoms with Gasteiger partial charge in [0, 0.05) is 43.5 Å². The molecule has 2 aliphatic rings. The summed E-state index contributed by atoms with van der Waals surface area (Å²) in [5.74, 6) is 1.90. The Kier molecular flexibility index (Phi) is 7.15. The van der Waals surface area contributed by atoms with Crippen molar-refractivity contribution in [2.75, 3.05) is 19.8 Å². The van der Waals surface area contributed by atoms with Gasteiger partial charge in [-0.2, -0.15) is 17.6 Å². The van der Waals surface area contributed by atoms with Gasteiger partial charge < -0.3 is 14.6 Å². The number of aromatic nitrogens is 4. The first kappa shape index (κ1) is 25.9. The van der Waals surface area contributed by atoms with E-state index < -0.39 is 10.0 Å². The van der Waals surface area contributed by atoms with Crippen LogP contribution in [0.15, 0.2) is 35.5 Å². The summed E-state index contributed by atoms with van der Waals surface area (Å²) in [5, 5.41) is 7.01. The SMILES string of the molecule is CC(C)(C)c1nc2cc(S(=O)(=O)n3cc(CC(=O)NCC4CCC4)cn3)ccc2n1CC1CCOCC1. The fourth-order valence-corrected chi connectivity index (χ4v) is 6.25. The summed E-state index contributed by atoms with van der Waals surface area (Å²) < 4.78 is 35.5. The molecule has 200 valence electrons. The molecular formula is C27H37N5O4S. The van der Waals surface area contributed by atoms with Crippen LogP contribution in [-0.4, -0.2) is 52.8 Å². The first-order valence-electron chi connectivity index (χ1n) is 13.3. The van der Waals surface area contributed by atoms with E-state index in [0.717, 1.165) is 60.9 Å². The highest BCUT2D eigenvalue weighted by atomic mass is 32.2.